The van der Waals surface area contributed by atoms with E-state index in [1.54, 1.807) is 0 Å². The quantitative estimate of drug-likeness (QED) is 0.594. The normalized spacial score (nSPS) is 24.6. The summed E-state index contributed by atoms with van der Waals surface area (Å²) in [4.78, 5) is 7.16. The molecule has 5 heteroatoms. The van der Waals surface area contributed by atoms with Gasteiger partial charge < -0.3 is 10.2 Å². The molecule has 0 saturated carbocycles. The average molecular weight is 344 g/mol. The highest BCUT2D eigenvalue weighted by atomic mass is 32.2. The molecule has 1 heterocycles. The monoisotopic (exact) mass is 343 g/mol. The molecule has 0 spiro atoms. The van der Waals surface area contributed by atoms with Gasteiger partial charge in [-0.25, -0.2) is 0 Å². The van der Waals surface area contributed by atoms with E-state index in [2.05, 4.69) is 31.0 Å². The Hall–Kier alpha value is -0.580. The van der Waals surface area contributed by atoms with E-state index < -0.39 is 10.8 Å². The van der Waals surface area contributed by atoms with Gasteiger partial charge in [-0.1, -0.05) is 20.3 Å². The van der Waals surface area contributed by atoms with E-state index >= 15 is 0 Å². The summed E-state index contributed by atoms with van der Waals surface area (Å²) in [6.07, 6.45) is 5.05. The zero-order valence-corrected chi connectivity index (χ0v) is 16.9. The topological polar surface area (TPSA) is 44.7 Å². The second kappa shape index (κ2) is 9.05. The van der Waals surface area contributed by atoms with Gasteiger partial charge in [-0.3, -0.25) is 9.20 Å². The maximum Gasteiger partial charge on any atom is 0.193 e. The van der Waals surface area contributed by atoms with Gasteiger partial charge in [0.25, 0.3) is 0 Å². The van der Waals surface area contributed by atoms with Crippen molar-refractivity contribution in [3.63, 3.8) is 0 Å². The van der Waals surface area contributed by atoms with E-state index in [1.807, 2.05) is 20.8 Å². The standard InChI is InChI=1S/C18H37N3OS/c1-7-10-18(6)11-9-13-21(15-18)16(19-8-2)20-12-14-23(22)17(3,4)5/h7-15H2,1-6H3,(H,19,20). The van der Waals surface area contributed by atoms with Crippen molar-refractivity contribution >= 4 is 16.8 Å². The third-order valence-corrected chi connectivity index (χ3v) is 6.41. The molecule has 23 heavy (non-hydrogen) atoms. The third-order valence-electron chi connectivity index (χ3n) is 4.49. The molecular formula is C18H37N3OS. The third kappa shape index (κ3) is 6.82. The van der Waals surface area contributed by atoms with Gasteiger partial charge >= 0.3 is 0 Å². The van der Waals surface area contributed by atoms with E-state index in [0.29, 0.717) is 17.7 Å². The Kier molecular flexibility index (Phi) is 8.05. The largest absolute Gasteiger partial charge is 0.357 e. The highest BCUT2D eigenvalue weighted by Crippen LogP contribution is 2.33. The van der Waals surface area contributed by atoms with E-state index in [9.17, 15) is 4.21 Å². The highest BCUT2D eigenvalue weighted by Gasteiger charge is 2.31. The summed E-state index contributed by atoms with van der Waals surface area (Å²) in [5.41, 5.74) is 0.400. The van der Waals surface area contributed by atoms with Crippen LogP contribution in [0, 0.1) is 5.41 Å². The van der Waals surface area contributed by atoms with Crippen molar-refractivity contribution in [2.24, 2.45) is 10.4 Å². The molecule has 2 atom stereocenters. The fourth-order valence-electron chi connectivity index (χ4n) is 3.27. The predicted molar refractivity (Wildman–Crippen MR) is 103 cm³/mol. The van der Waals surface area contributed by atoms with E-state index in [0.717, 1.165) is 25.6 Å². The van der Waals surface area contributed by atoms with Crippen molar-refractivity contribution in [1.29, 1.82) is 0 Å². The summed E-state index contributed by atoms with van der Waals surface area (Å²) < 4.78 is 12.0. The van der Waals surface area contributed by atoms with E-state index in [4.69, 9.17) is 4.99 Å². The lowest BCUT2D eigenvalue weighted by Crippen LogP contribution is -2.50. The fraction of sp³-hybridized carbons (Fsp3) is 0.944. The van der Waals surface area contributed by atoms with Crippen LogP contribution < -0.4 is 5.32 Å². The van der Waals surface area contributed by atoms with Crippen LogP contribution in [0.2, 0.25) is 0 Å². The summed E-state index contributed by atoms with van der Waals surface area (Å²) in [7, 11) is -0.834. The fourth-order valence-corrected chi connectivity index (χ4v) is 4.14. The Morgan fingerprint density at radius 2 is 2.04 bits per heavy atom. The summed E-state index contributed by atoms with van der Waals surface area (Å²) in [5, 5.41) is 3.42. The maximum absolute atomic E-state index is 12.2. The lowest BCUT2D eigenvalue weighted by Gasteiger charge is -2.42. The Balaban J connectivity index is 2.69. The smallest absolute Gasteiger partial charge is 0.193 e. The predicted octanol–water partition coefficient (Wildman–Crippen LogP) is 3.40. The molecule has 0 aromatic carbocycles. The minimum absolute atomic E-state index is 0.154. The van der Waals surface area contributed by atoms with Gasteiger partial charge in [-0.05, 0) is 52.4 Å². The van der Waals surface area contributed by atoms with E-state index in [-0.39, 0.29) is 4.75 Å². The number of nitrogens with one attached hydrogen (secondary N) is 1. The van der Waals surface area contributed by atoms with E-state index in [1.165, 1.54) is 25.7 Å². The first kappa shape index (κ1) is 20.5. The first-order valence-electron chi connectivity index (χ1n) is 9.13. The summed E-state index contributed by atoms with van der Waals surface area (Å²) in [5.74, 6) is 1.64. The summed E-state index contributed by atoms with van der Waals surface area (Å²) >= 11 is 0. The van der Waals surface area contributed by atoms with Crippen molar-refractivity contribution in [2.45, 2.75) is 72.0 Å². The Bertz CT molecular complexity index is 413. The minimum atomic E-state index is -0.834. The minimum Gasteiger partial charge on any atom is -0.357 e. The lowest BCUT2D eigenvalue weighted by molar-refractivity contribution is 0.142. The second-order valence-corrected chi connectivity index (χ2v) is 10.3. The Morgan fingerprint density at radius 3 is 2.61 bits per heavy atom. The van der Waals surface area contributed by atoms with Crippen molar-refractivity contribution in [3.8, 4) is 0 Å². The molecule has 0 aromatic heterocycles. The summed E-state index contributed by atoms with van der Waals surface area (Å²) in [6, 6.07) is 0. The number of aliphatic imine (C=N–C) groups is 1. The first-order valence-corrected chi connectivity index (χ1v) is 10.5. The molecule has 0 aliphatic carbocycles. The molecular weight excluding hydrogens is 306 g/mol. The summed E-state index contributed by atoms with van der Waals surface area (Å²) in [6.45, 7) is 16.5. The van der Waals surface area contributed by atoms with Crippen LogP contribution in [0.15, 0.2) is 4.99 Å². The molecule has 1 N–H and O–H groups in total. The van der Waals surface area contributed by atoms with Gasteiger partial charge in [0.15, 0.2) is 5.96 Å². The molecule has 1 fully saturated rings. The number of rotatable bonds is 6. The number of piperidine rings is 1. The van der Waals surface area contributed by atoms with Crippen LogP contribution in [-0.4, -0.2) is 51.7 Å². The van der Waals surface area contributed by atoms with Crippen LogP contribution >= 0.6 is 0 Å². The zero-order valence-electron chi connectivity index (χ0n) is 16.1. The number of guanidine groups is 1. The van der Waals surface area contributed by atoms with Crippen molar-refractivity contribution in [3.05, 3.63) is 0 Å². The molecule has 1 rings (SSSR count). The lowest BCUT2D eigenvalue weighted by atomic mass is 9.78. The van der Waals surface area contributed by atoms with Crippen molar-refractivity contribution < 1.29 is 4.21 Å². The van der Waals surface area contributed by atoms with Crippen LogP contribution in [0.3, 0.4) is 0 Å². The van der Waals surface area contributed by atoms with Crippen molar-refractivity contribution in [1.82, 2.24) is 10.2 Å². The Labute approximate surface area is 146 Å². The molecule has 1 aliphatic heterocycles. The second-order valence-electron chi connectivity index (χ2n) is 7.98. The molecule has 0 amide bonds. The number of nitrogens with zero attached hydrogens (tertiary/aromatic N) is 2. The number of hydrogen-bond donors (Lipinski definition) is 1. The van der Waals surface area contributed by atoms with Gasteiger partial charge in [0, 0.05) is 40.9 Å². The van der Waals surface area contributed by atoms with Crippen molar-refractivity contribution in [2.75, 3.05) is 31.9 Å². The molecule has 136 valence electrons. The molecule has 4 nitrogen and oxygen atoms in total. The van der Waals surface area contributed by atoms with Crippen LogP contribution in [0.25, 0.3) is 0 Å². The van der Waals surface area contributed by atoms with Crippen LogP contribution in [0.4, 0.5) is 0 Å². The number of likely N-dealkylation sites (tertiary alicyclic amines) is 1. The molecule has 0 bridgehead atoms. The van der Waals surface area contributed by atoms with Gasteiger partial charge in [0.2, 0.25) is 0 Å². The van der Waals surface area contributed by atoms with Crippen LogP contribution in [-0.2, 0) is 10.8 Å². The molecule has 1 aliphatic rings. The van der Waals surface area contributed by atoms with Gasteiger partial charge in [-0.15, -0.1) is 0 Å². The molecule has 2 unspecified atom stereocenters. The van der Waals surface area contributed by atoms with Crippen LogP contribution in [0.1, 0.15) is 67.2 Å². The first-order chi connectivity index (χ1) is 10.7. The SMILES string of the molecule is CCCC1(C)CCCN(C(=NCCS(=O)C(C)(C)C)NCC)C1. The molecule has 0 radical (unpaired) electrons. The average Bonchev–Trinajstić information content (AvgIpc) is 2.45. The Morgan fingerprint density at radius 1 is 1.35 bits per heavy atom. The molecule has 0 aromatic rings. The van der Waals surface area contributed by atoms with Gasteiger partial charge in [0.05, 0.1) is 6.54 Å². The highest BCUT2D eigenvalue weighted by molar-refractivity contribution is 7.86. The number of hydrogen-bond acceptors (Lipinski definition) is 2. The molecule has 1 saturated heterocycles. The maximum atomic E-state index is 12.2. The zero-order chi connectivity index (χ0) is 17.5. The van der Waals surface area contributed by atoms with Gasteiger partial charge in [-0.2, -0.15) is 0 Å². The van der Waals surface area contributed by atoms with Gasteiger partial charge in [0.1, 0.15) is 0 Å². The van der Waals surface area contributed by atoms with Crippen LogP contribution in [0.5, 0.6) is 0 Å².